The zero-order chi connectivity index (χ0) is 22.7. The van der Waals surface area contributed by atoms with Gasteiger partial charge >= 0.3 is 21.8 Å². The lowest BCUT2D eigenvalue weighted by Gasteiger charge is -2.08. The Bertz CT molecular complexity index is 1000. The van der Waals surface area contributed by atoms with Gasteiger partial charge in [0, 0.05) is 24.5 Å². The molecule has 0 aromatic carbocycles. The van der Waals surface area contributed by atoms with Crippen molar-refractivity contribution < 1.29 is 43.7 Å². The molecule has 2 aromatic heterocycles. The van der Waals surface area contributed by atoms with E-state index in [1.54, 1.807) is 7.05 Å². The summed E-state index contributed by atoms with van der Waals surface area (Å²) >= 11 is 0.621. The van der Waals surface area contributed by atoms with E-state index in [4.69, 9.17) is 0 Å². The summed E-state index contributed by atoms with van der Waals surface area (Å²) < 4.78 is 102. The third kappa shape index (κ3) is 5.81. The van der Waals surface area contributed by atoms with E-state index >= 15 is 0 Å². The number of pyridine rings is 1. The first-order valence-electron chi connectivity index (χ1n) is 7.96. The van der Waals surface area contributed by atoms with Crippen LogP contribution in [-0.2, 0) is 16.3 Å². The number of rotatable bonds is 5. The van der Waals surface area contributed by atoms with Crippen molar-refractivity contribution in [2.45, 2.75) is 30.4 Å². The average molecular weight is 477 g/mol. The number of halogens is 6. The number of nitrogens with zero attached hydrogens (tertiary/aromatic N) is 2. The number of anilines is 1. The van der Waals surface area contributed by atoms with Crippen LogP contribution in [0.1, 0.15) is 39.7 Å². The summed E-state index contributed by atoms with van der Waals surface area (Å²) in [5, 5.41) is 2.60. The Labute approximate surface area is 170 Å². The topological polar surface area (TPSA) is 98.2 Å². The van der Waals surface area contributed by atoms with Crippen LogP contribution in [0, 0.1) is 0 Å². The number of hydrogen-bond donors (Lipinski definition) is 1. The SMILES string of the molecule is CNc1ccnc(C(F)(F)F)c1.O=Cc1snc(OS(=O)(=O)C(F)(F)F)c1C1CC1. The van der Waals surface area contributed by atoms with Gasteiger partial charge in [-0.05, 0) is 42.4 Å². The van der Waals surface area contributed by atoms with E-state index in [0.29, 0.717) is 36.3 Å². The Kier molecular flexibility index (Phi) is 6.96. The van der Waals surface area contributed by atoms with Crippen LogP contribution < -0.4 is 9.50 Å². The van der Waals surface area contributed by atoms with Crippen LogP contribution in [0.3, 0.4) is 0 Å². The van der Waals surface area contributed by atoms with Gasteiger partial charge in [-0.3, -0.25) is 9.78 Å². The van der Waals surface area contributed by atoms with Crippen molar-refractivity contribution >= 4 is 33.6 Å². The van der Waals surface area contributed by atoms with Crippen molar-refractivity contribution in [3.63, 3.8) is 0 Å². The highest BCUT2D eigenvalue weighted by Crippen LogP contribution is 2.47. The third-order valence-corrected chi connectivity index (χ3v) is 5.34. The van der Waals surface area contributed by atoms with Gasteiger partial charge in [-0.2, -0.15) is 39.1 Å². The molecule has 0 saturated heterocycles. The fourth-order valence-corrected chi connectivity index (χ4v) is 3.27. The Balaban J connectivity index is 0.000000232. The van der Waals surface area contributed by atoms with Crippen LogP contribution in [0.25, 0.3) is 0 Å². The Morgan fingerprint density at radius 1 is 1.23 bits per heavy atom. The van der Waals surface area contributed by atoms with Crippen LogP contribution >= 0.6 is 11.5 Å². The van der Waals surface area contributed by atoms with Gasteiger partial charge in [-0.1, -0.05) is 0 Å². The molecule has 1 aliphatic carbocycles. The number of carbonyl (C=O) groups excluding carboxylic acids is 1. The predicted molar refractivity (Wildman–Crippen MR) is 93.9 cm³/mol. The van der Waals surface area contributed by atoms with E-state index in [-0.39, 0.29) is 16.4 Å². The fraction of sp³-hybridized carbons (Fsp3) is 0.400. The Hall–Kier alpha value is -2.42. The van der Waals surface area contributed by atoms with Crippen LogP contribution in [0.4, 0.5) is 32.0 Å². The minimum absolute atomic E-state index is 0.102. The number of nitrogens with one attached hydrogen (secondary N) is 1. The van der Waals surface area contributed by atoms with Gasteiger partial charge < -0.3 is 9.50 Å². The van der Waals surface area contributed by atoms with Gasteiger partial charge in [0.15, 0.2) is 6.29 Å². The van der Waals surface area contributed by atoms with Crippen molar-refractivity contribution in [1.82, 2.24) is 9.36 Å². The van der Waals surface area contributed by atoms with Crippen LogP contribution in [0.15, 0.2) is 18.3 Å². The second-order valence-corrected chi connectivity index (χ2v) is 8.16. The summed E-state index contributed by atoms with van der Waals surface area (Å²) in [5.74, 6) is -0.788. The Morgan fingerprint density at radius 3 is 2.33 bits per heavy atom. The van der Waals surface area contributed by atoms with Crippen molar-refractivity contribution in [3.05, 3.63) is 34.5 Å². The van der Waals surface area contributed by atoms with Gasteiger partial charge in [0.2, 0.25) is 5.88 Å². The molecule has 30 heavy (non-hydrogen) atoms. The smallest absolute Gasteiger partial charge is 0.388 e. The van der Waals surface area contributed by atoms with Gasteiger partial charge in [0.05, 0.1) is 4.88 Å². The molecule has 0 spiro atoms. The first-order chi connectivity index (χ1) is 13.8. The normalized spacial score (nSPS) is 14.5. The summed E-state index contributed by atoms with van der Waals surface area (Å²) in [4.78, 5) is 14.0. The minimum Gasteiger partial charge on any atom is -0.388 e. The van der Waals surface area contributed by atoms with Crippen LogP contribution in [0.5, 0.6) is 5.88 Å². The highest BCUT2D eigenvalue weighted by Gasteiger charge is 2.50. The predicted octanol–water partition coefficient (Wildman–Crippen LogP) is 4.20. The summed E-state index contributed by atoms with van der Waals surface area (Å²) in [5.41, 5.74) is -5.84. The highest BCUT2D eigenvalue weighted by molar-refractivity contribution is 7.88. The molecule has 7 nitrogen and oxygen atoms in total. The minimum atomic E-state index is -5.75. The molecule has 0 bridgehead atoms. The molecule has 15 heteroatoms. The lowest BCUT2D eigenvalue weighted by molar-refractivity contribution is -0.141. The molecule has 0 amide bonds. The van der Waals surface area contributed by atoms with Gasteiger partial charge in [-0.25, -0.2) is 0 Å². The fourth-order valence-electron chi connectivity index (χ4n) is 2.08. The second-order valence-electron chi connectivity index (χ2n) is 5.82. The second kappa shape index (κ2) is 8.75. The van der Waals surface area contributed by atoms with Crippen LogP contribution in [-0.4, -0.2) is 36.6 Å². The molecule has 0 unspecified atom stereocenters. The molecule has 3 rings (SSSR count). The zero-order valence-corrected chi connectivity index (χ0v) is 16.5. The number of aromatic nitrogens is 2. The van der Waals surface area contributed by atoms with E-state index in [1.165, 1.54) is 6.07 Å². The largest absolute Gasteiger partial charge is 0.534 e. The highest BCUT2D eigenvalue weighted by atomic mass is 32.2. The average Bonchev–Trinajstić information content (AvgIpc) is 3.41. The molecule has 2 heterocycles. The van der Waals surface area contributed by atoms with Crippen LogP contribution in [0.2, 0.25) is 0 Å². The van der Waals surface area contributed by atoms with E-state index in [2.05, 4.69) is 18.9 Å². The van der Waals surface area contributed by atoms with E-state index in [0.717, 1.165) is 12.3 Å². The molecule has 0 radical (unpaired) electrons. The molecule has 1 N–H and O–H groups in total. The third-order valence-electron chi connectivity index (χ3n) is 3.63. The first kappa shape index (κ1) is 23.9. The lowest BCUT2D eigenvalue weighted by atomic mass is 10.2. The molecule has 0 atom stereocenters. The summed E-state index contributed by atoms with van der Waals surface area (Å²) in [7, 11) is -4.19. The number of alkyl halides is 6. The lowest BCUT2D eigenvalue weighted by Crippen LogP contribution is -2.28. The maximum atomic E-state index is 12.1. The van der Waals surface area contributed by atoms with Crippen molar-refractivity contribution in [3.8, 4) is 5.88 Å². The molecular formula is C15H13F6N3O4S2. The summed E-state index contributed by atoms with van der Waals surface area (Å²) in [6.07, 6.45) is -1.48. The van der Waals surface area contributed by atoms with Crippen molar-refractivity contribution in [1.29, 1.82) is 0 Å². The standard InChI is InChI=1S/C8H6F3NO4S2.C7H7F3N2/c9-8(10,11)18(14,15)16-7-6(4-1-2-4)5(3-13)17-12-7;1-11-5-2-3-12-6(4-5)7(8,9)10/h3-4H,1-2H2;2-4H,1H3,(H,11,12). The molecule has 166 valence electrons. The van der Waals surface area contributed by atoms with Crippen molar-refractivity contribution in [2.75, 3.05) is 12.4 Å². The summed E-state index contributed by atoms with van der Waals surface area (Å²) in [6, 6.07) is 2.43. The molecular weight excluding hydrogens is 464 g/mol. The number of carbonyl (C=O) groups is 1. The molecule has 1 fully saturated rings. The number of aldehydes is 1. The monoisotopic (exact) mass is 477 g/mol. The van der Waals surface area contributed by atoms with Gasteiger partial charge in [0.1, 0.15) is 5.69 Å². The van der Waals surface area contributed by atoms with E-state index in [9.17, 15) is 39.6 Å². The molecule has 1 saturated carbocycles. The maximum absolute atomic E-state index is 12.1. The summed E-state index contributed by atoms with van der Waals surface area (Å²) in [6.45, 7) is 0. The first-order valence-corrected chi connectivity index (χ1v) is 10.1. The quantitative estimate of drug-likeness (QED) is 0.298. The maximum Gasteiger partial charge on any atom is 0.534 e. The van der Waals surface area contributed by atoms with Crippen molar-refractivity contribution in [2.24, 2.45) is 0 Å². The van der Waals surface area contributed by atoms with Gasteiger partial charge in [-0.15, -0.1) is 0 Å². The molecule has 0 aliphatic heterocycles. The number of hydrogen-bond acceptors (Lipinski definition) is 8. The molecule has 1 aliphatic rings. The zero-order valence-electron chi connectivity index (χ0n) is 14.9. The van der Waals surface area contributed by atoms with E-state index < -0.39 is 33.4 Å². The molecule has 2 aromatic rings. The Morgan fingerprint density at radius 2 is 1.87 bits per heavy atom. The van der Waals surface area contributed by atoms with Gasteiger partial charge in [0.25, 0.3) is 0 Å². The van der Waals surface area contributed by atoms with E-state index in [1.807, 2.05) is 0 Å².